The number of fused-ring (bicyclic) bond motifs is 1. The normalized spacial score (nSPS) is 10.6. The highest BCUT2D eigenvalue weighted by Crippen LogP contribution is 2.29. The zero-order chi connectivity index (χ0) is 18.8. The van der Waals surface area contributed by atoms with E-state index >= 15 is 0 Å². The van der Waals surface area contributed by atoms with Crippen molar-refractivity contribution in [2.24, 2.45) is 0 Å². The third-order valence-corrected chi connectivity index (χ3v) is 4.13. The van der Waals surface area contributed by atoms with Crippen molar-refractivity contribution in [2.75, 3.05) is 19.5 Å². The lowest BCUT2D eigenvalue weighted by molar-refractivity contribution is 0.0997. The van der Waals surface area contributed by atoms with Gasteiger partial charge in [0.05, 0.1) is 14.2 Å². The first-order chi connectivity index (χ1) is 12.4. The molecule has 6 nitrogen and oxygen atoms in total. The summed E-state index contributed by atoms with van der Waals surface area (Å²) in [6.45, 7) is 1.83. The van der Waals surface area contributed by atoms with Gasteiger partial charge in [-0.05, 0) is 24.6 Å². The minimum atomic E-state index is -0.559. The molecule has 2 aromatic carbocycles. The Hall–Kier alpha value is -2.99. The summed E-state index contributed by atoms with van der Waals surface area (Å²) >= 11 is 5.96. The molecule has 26 heavy (non-hydrogen) atoms. The van der Waals surface area contributed by atoms with Crippen molar-refractivity contribution >= 4 is 34.2 Å². The molecule has 1 heterocycles. The van der Waals surface area contributed by atoms with Crippen LogP contribution in [0.1, 0.15) is 16.1 Å². The smallest absolute Gasteiger partial charge is 0.291 e. The van der Waals surface area contributed by atoms with Gasteiger partial charge in [-0.25, -0.2) is 0 Å². The number of carbonyl (C=O) groups is 1. The molecule has 0 bridgehead atoms. The number of hydrogen-bond acceptors (Lipinski definition) is 5. The summed E-state index contributed by atoms with van der Waals surface area (Å²) in [6, 6.07) is 9.37. The Morgan fingerprint density at radius 3 is 2.58 bits per heavy atom. The molecule has 0 atom stereocenters. The number of nitrogens with one attached hydrogen (secondary N) is 1. The molecule has 0 unspecified atom stereocenters. The predicted molar refractivity (Wildman–Crippen MR) is 99.7 cm³/mol. The average molecular weight is 374 g/mol. The van der Waals surface area contributed by atoms with Crippen LogP contribution in [0.4, 0.5) is 5.69 Å². The molecule has 1 aromatic heterocycles. The number of ether oxygens (including phenoxy) is 2. The zero-order valence-corrected chi connectivity index (χ0v) is 15.1. The molecule has 3 aromatic rings. The van der Waals surface area contributed by atoms with Crippen LogP contribution in [0.15, 0.2) is 45.6 Å². The number of rotatable bonds is 4. The van der Waals surface area contributed by atoms with Crippen LogP contribution in [0.2, 0.25) is 5.02 Å². The zero-order valence-electron chi connectivity index (χ0n) is 14.4. The van der Waals surface area contributed by atoms with Gasteiger partial charge in [0.15, 0.2) is 11.2 Å². The monoisotopic (exact) mass is 373 g/mol. The average Bonchev–Trinajstić information content (AvgIpc) is 2.63. The van der Waals surface area contributed by atoms with Gasteiger partial charge in [0.25, 0.3) is 5.91 Å². The summed E-state index contributed by atoms with van der Waals surface area (Å²) in [7, 11) is 2.92. The molecule has 1 N–H and O–H groups in total. The molecule has 1 amide bonds. The summed E-state index contributed by atoms with van der Waals surface area (Å²) in [6.07, 6.45) is 0. The van der Waals surface area contributed by atoms with Crippen LogP contribution in [0.5, 0.6) is 11.5 Å². The third kappa shape index (κ3) is 3.36. The lowest BCUT2D eigenvalue weighted by atomic mass is 10.1. The van der Waals surface area contributed by atoms with Gasteiger partial charge in [-0.15, -0.1) is 0 Å². The minimum absolute atomic E-state index is 0.128. The molecular weight excluding hydrogens is 358 g/mol. The van der Waals surface area contributed by atoms with Gasteiger partial charge < -0.3 is 19.2 Å². The molecule has 0 spiro atoms. The first-order valence-electron chi connectivity index (χ1n) is 7.70. The van der Waals surface area contributed by atoms with Crippen molar-refractivity contribution in [3.8, 4) is 11.5 Å². The Kier molecular flexibility index (Phi) is 4.86. The second-order valence-corrected chi connectivity index (χ2v) is 6.03. The summed E-state index contributed by atoms with van der Waals surface area (Å²) < 4.78 is 16.0. The molecular formula is C19H16ClNO5. The second kappa shape index (κ2) is 7.09. The van der Waals surface area contributed by atoms with Crippen molar-refractivity contribution in [3.63, 3.8) is 0 Å². The topological polar surface area (TPSA) is 77.8 Å². The summed E-state index contributed by atoms with van der Waals surface area (Å²) in [4.78, 5) is 25.0. The largest absolute Gasteiger partial charge is 0.496 e. The third-order valence-electron chi connectivity index (χ3n) is 3.90. The van der Waals surface area contributed by atoms with E-state index in [0.717, 1.165) is 11.6 Å². The molecule has 0 saturated carbocycles. The molecule has 0 fully saturated rings. The Bertz CT molecular complexity index is 1060. The van der Waals surface area contributed by atoms with Gasteiger partial charge in [0, 0.05) is 28.9 Å². The highest BCUT2D eigenvalue weighted by molar-refractivity contribution is 6.31. The van der Waals surface area contributed by atoms with E-state index in [1.807, 2.05) is 6.92 Å². The van der Waals surface area contributed by atoms with Crippen LogP contribution in [0.3, 0.4) is 0 Å². The predicted octanol–water partition coefficient (Wildman–Crippen LogP) is 4.02. The van der Waals surface area contributed by atoms with Crippen LogP contribution >= 0.6 is 11.6 Å². The van der Waals surface area contributed by atoms with Gasteiger partial charge >= 0.3 is 0 Å². The van der Waals surface area contributed by atoms with Crippen molar-refractivity contribution in [3.05, 3.63) is 63.0 Å². The highest BCUT2D eigenvalue weighted by Gasteiger charge is 2.17. The van der Waals surface area contributed by atoms with Crippen LogP contribution in [-0.4, -0.2) is 20.1 Å². The van der Waals surface area contributed by atoms with Gasteiger partial charge in [-0.2, -0.15) is 0 Å². The van der Waals surface area contributed by atoms with Gasteiger partial charge in [-0.1, -0.05) is 17.7 Å². The first-order valence-corrected chi connectivity index (χ1v) is 8.08. The van der Waals surface area contributed by atoms with Crippen molar-refractivity contribution < 1.29 is 18.7 Å². The number of aryl methyl sites for hydroxylation is 1. The van der Waals surface area contributed by atoms with E-state index in [2.05, 4.69) is 5.32 Å². The molecule has 0 aliphatic rings. The Labute approximate surface area is 154 Å². The molecule has 3 rings (SSSR count). The summed E-state index contributed by atoms with van der Waals surface area (Å²) in [5, 5.41) is 3.42. The fraction of sp³-hybridized carbons (Fsp3) is 0.158. The van der Waals surface area contributed by atoms with E-state index < -0.39 is 11.3 Å². The van der Waals surface area contributed by atoms with E-state index in [0.29, 0.717) is 22.2 Å². The highest BCUT2D eigenvalue weighted by atomic mass is 35.5. The van der Waals surface area contributed by atoms with Crippen molar-refractivity contribution in [1.82, 2.24) is 0 Å². The molecule has 0 aliphatic heterocycles. The number of anilines is 1. The maximum absolute atomic E-state index is 12.5. The summed E-state index contributed by atoms with van der Waals surface area (Å²) in [5.41, 5.74) is 1.17. The van der Waals surface area contributed by atoms with Crippen molar-refractivity contribution in [1.29, 1.82) is 0 Å². The fourth-order valence-corrected chi connectivity index (χ4v) is 2.70. The second-order valence-electron chi connectivity index (χ2n) is 5.59. The maximum Gasteiger partial charge on any atom is 0.291 e. The lowest BCUT2D eigenvalue weighted by Crippen LogP contribution is -2.16. The van der Waals surface area contributed by atoms with E-state index in [1.165, 1.54) is 20.3 Å². The lowest BCUT2D eigenvalue weighted by Gasteiger charge is -2.10. The quantitative estimate of drug-likeness (QED) is 0.747. The minimum Gasteiger partial charge on any atom is -0.496 e. The molecule has 0 aliphatic carbocycles. The van der Waals surface area contributed by atoms with Crippen LogP contribution in [-0.2, 0) is 0 Å². The van der Waals surface area contributed by atoms with E-state index in [4.69, 9.17) is 25.5 Å². The van der Waals surface area contributed by atoms with E-state index in [-0.39, 0.29) is 16.7 Å². The number of hydrogen-bond donors (Lipinski definition) is 1. The van der Waals surface area contributed by atoms with Crippen molar-refractivity contribution in [2.45, 2.75) is 6.92 Å². The Morgan fingerprint density at radius 2 is 1.88 bits per heavy atom. The number of benzene rings is 2. The standard InChI is InChI=1S/C19H16ClNO5/c1-10-4-5-11(20)6-13(10)21-19(23)17-9-14(22)18-15(25-3)7-12(24-2)8-16(18)26-17/h4-9H,1-3H3,(H,21,23). The molecule has 134 valence electrons. The van der Waals surface area contributed by atoms with Crippen LogP contribution in [0.25, 0.3) is 11.0 Å². The molecule has 0 radical (unpaired) electrons. The van der Waals surface area contributed by atoms with Crippen LogP contribution < -0.4 is 20.2 Å². The number of carbonyl (C=O) groups excluding carboxylic acids is 1. The SMILES string of the molecule is COc1cc(OC)c2c(=O)cc(C(=O)Nc3cc(Cl)ccc3C)oc2c1. The van der Waals surface area contributed by atoms with E-state index in [9.17, 15) is 9.59 Å². The molecule has 0 saturated heterocycles. The fourth-order valence-electron chi connectivity index (χ4n) is 2.53. The first kappa shape index (κ1) is 17.8. The molecule has 7 heteroatoms. The summed E-state index contributed by atoms with van der Waals surface area (Å²) in [5.74, 6) is 0.0693. The number of methoxy groups -OCH3 is 2. The Morgan fingerprint density at radius 1 is 1.12 bits per heavy atom. The number of halogens is 1. The van der Waals surface area contributed by atoms with Gasteiger partial charge in [-0.3, -0.25) is 9.59 Å². The number of amides is 1. The van der Waals surface area contributed by atoms with Gasteiger partial charge in [0.2, 0.25) is 0 Å². The van der Waals surface area contributed by atoms with E-state index in [1.54, 1.807) is 24.3 Å². The Balaban J connectivity index is 2.06. The maximum atomic E-state index is 12.5. The van der Waals surface area contributed by atoms with Crippen LogP contribution in [0, 0.1) is 6.92 Å². The van der Waals surface area contributed by atoms with Gasteiger partial charge in [0.1, 0.15) is 22.5 Å².